The Morgan fingerprint density at radius 3 is 2.36 bits per heavy atom. The lowest BCUT2D eigenvalue weighted by Gasteiger charge is -2.13. The van der Waals surface area contributed by atoms with Crippen molar-refractivity contribution in [1.82, 2.24) is 0 Å². The number of phenols is 1. The maximum Gasteiger partial charge on any atom is 0.297 e. The topological polar surface area (TPSA) is 138 Å². The Morgan fingerprint density at radius 1 is 0.974 bits per heavy atom. The number of hydrogen-bond donors (Lipinski definition) is 3. The number of nitrogens with zero attached hydrogens (tertiary/aromatic N) is 2. The summed E-state index contributed by atoms with van der Waals surface area (Å²) in [5, 5.41) is 23.1. The molecule has 3 N–H and O–H groups in total. The highest BCUT2D eigenvalue weighted by Gasteiger charge is 2.24. The summed E-state index contributed by atoms with van der Waals surface area (Å²) in [6.07, 6.45) is 0.271. The molecule has 4 rings (SSSR count). The maximum absolute atomic E-state index is 13.2. The van der Waals surface area contributed by atoms with Crippen LogP contribution in [-0.2, 0) is 16.5 Å². The van der Waals surface area contributed by atoms with Gasteiger partial charge in [-0.25, -0.2) is 0 Å². The van der Waals surface area contributed by atoms with Crippen molar-refractivity contribution in [3.05, 3.63) is 81.8 Å². The zero-order chi connectivity index (χ0) is 28.3. The fraction of sp³-hybridized carbons (Fsp3) is 0.148. The van der Waals surface area contributed by atoms with Crippen molar-refractivity contribution in [1.29, 1.82) is 0 Å². The van der Waals surface area contributed by atoms with Crippen LogP contribution in [-0.4, -0.2) is 30.6 Å². The second-order valence-electron chi connectivity index (χ2n) is 8.28. The van der Waals surface area contributed by atoms with Crippen LogP contribution in [0.5, 0.6) is 11.5 Å². The van der Waals surface area contributed by atoms with E-state index in [0.29, 0.717) is 28.8 Å². The Bertz CT molecular complexity index is 1720. The van der Waals surface area contributed by atoms with Crippen LogP contribution in [0.4, 0.5) is 17.1 Å². The third-order valence-corrected chi connectivity index (χ3v) is 7.38. The van der Waals surface area contributed by atoms with Gasteiger partial charge in [-0.1, -0.05) is 60.5 Å². The van der Waals surface area contributed by atoms with Gasteiger partial charge in [-0.15, -0.1) is 10.2 Å². The van der Waals surface area contributed by atoms with Crippen LogP contribution < -0.4 is 10.1 Å². The van der Waals surface area contributed by atoms with E-state index in [-0.39, 0.29) is 39.0 Å². The van der Waals surface area contributed by atoms with E-state index in [1.54, 1.807) is 49.4 Å². The molecule has 0 aliphatic rings. The molecule has 1 amide bonds. The number of ether oxygens (including phenoxy) is 1. The Balaban J connectivity index is 1.82. The second kappa shape index (κ2) is 11.6. The van der Waals surface area contributed by atoms with Crippen LogP contribution in [0.3, 0.4) is 0 Å². The van der Waals surface area contributed by atoms with Gasteiger partial charge in [-0.2, -0.15) is 8.42 Å². The van der Waals surface area contributed by atoms with E-state index in [4.69, 9.17) is 27.9 Å². The number of anilines is 1. The summed E-state index contributed by atoms with van der Waals surface area (Å²) in [7, 11) is -4.71. The molecule has 4 aromatic carbocycles. The molecule has 0 saturated carbocycles. The van der Waals surface area contributed by atoms with Gasteiger partial charge in [0.2, 0.25) is 0 Å². The first-order valence-corrected chi connectivity index (χ1v) is 13.9. The Hall–Kier alpha value is -3.70. The zero-order valence-corrected chi connectivity index (χ0v) is 23.1. The van der Waals surface area contributed by atoms with Gasteiger partial charge in [0.1, 0.15) is 22.0 Å². The van der Waals surface area contributed by atoms with E-state index in [1.165, 1.54) is 18.2 Å². The first kappa shape index (κ1) is 28.3. The number of phenolic OH excluding ortho intramolecular Hbond substituents is 1. The molecule has 9 nitrogen and oxygen atoms in total. The molecule has 0 bridgehead atoms. The fourth-order valence-corrected chi connectivity index (χ4v) is 5.39. The number of azo groups is 1. The number of amides is 1. The predicted octanol–water partition coefficient (Wildman–Crippen LogP) is 7.73. The smallest absolute Gasteiger partial charge is 0.297 e. The number of nitrogens with one attached hydrogen (secondary N) is 1. The van der Waals surface area contributed by atoms with E-state index in [0.717, 1.165) is 0 Å². The molecule has 12 heteroatoms. The highest BCUT2D eigenvalue weighted by atomic mass is 35.5. The average Bonchev–Trinajstić information content (AvgIpc) is 2.89. The van der Waals surface area contributed by atoms with Crippen molar-refractivity contribution < 1.29 is 27.6 Å². The molecular formula is C27H23Cl2N3O6S. The SMILES string of the molecule is CCOc1ccc(NC(=O)c2cc3ccccc3c(N=Nc3c(Cl)ccc(CC)c3S(=O)(=O)O)c2O)c(Cl)c1. The van der Waals surface area contributed by atoms with Crippen molar-refractivity contribution in [3.8, 4) is 11.5 Å². The molecule has 0 aliphatic carbocycles. The third-order valence-electron chi connectivity index (χ3n) is 5.79. The lowest BCUT2D eigenvalue weighted by Crippen LogP contribution is -2.12. The minimum Gasteiger partial charge on any atom is -0.505 e. The maximum atomic E-state index is 13.2. The summed E-state index contributed by atoms with van der Waals surface area (Å²) in [5.41, 5.74) is 0.0523. The molecular weight excluding hydrogens is 565 g/mol. The number of benzene rings is 4. The fourth-order valence-electron chi connectivity index (χ4n) is 3.98. The number of halogens is 2. The highest BCUT2D eigenvalue weighted by Crippen LogP contribution is 2.42. The molecule has 0 saturated heterocycles. The summed E-state index contributed by atoms with van der Waals surface area (Å²) in [5.74, 6) is -0.648. The zero-order valence-electron chi connectivity index (χ0n) is 20.8. The summed E-state index contributed by atoms with van der Waals surface area (Å²) in [6.45, 7) is 3.99. The molecule has 0 aliphatic heterocycles. The number of aromatic hydroxyl groups is 1. The molecule has 0 radical (unpaired) electrons. The van der Waals surface area contributed by atoms with Crippen LogP contribution in [0.15, 0.2) is 75.8 Å². The summed E-state index contributed by atoms with van der Waals surface area (Å²) < 4.78 is 39.6. The van der Waals surface area contributed by atoms with E-state index in [1.807, 2.05) is 6.92 Å². The molecule has 0 heterocycles. The average molecular weight is 588 g/mol. The number of carbonyl (C=O) groups is 1. The Labute approximate surface area is 234 Å². The standard InChI is InChI=1S/C27H23Cl2N3O6S/c1-3-15-9-11-20(28)24(26(15)39(35,36)37)32-31-23-18-8-6-5-7-16(18)13-19(25(23)33)27(34)30-22-12-10-17(38-4-2)14-21(22)29/h5-14,33H,3-4H2,1-2H3,(H,30,34)(H,35,36,37). The van der Waals surface area contributed by atoms with Crippen LogP contribution in [0.1, 0.15) is 29.8 Å². The quantitative estimate of drug-likeness (QED) is 0.142. The Morgan fingerprint density at radius 2 is 1.69 bits per heavy atom. The van der Waals surface area contributed by atoms with E-state index in [2.05, 4.69) is 15.5 Å². The van der Waals surface area contributed by atoms with Crippen molar-refractivity contribution in [2.75, 3.05) is 11.9 Å². The van der Waals surface area contributed by atoms with Crippen molar-refractivity contribution in [3.63, 3.8) is 0 Å². The molecule has 4 aromatic rings. The first-order valence-electron chi connectivity index (χ1n) is 11.7. The van der Waals surface area contributed by atoms with Gasteiger partial charge in [0, 0.05) is 11.5 Å². The largest absolute Gasteiger partial charge is 0.505 e. The highest BCUT2D eigenvalue weighted by molar-refractivity contribution is 7.86. The van der Waals surface area contributed by atoms with Gasteiger partial charge in [0.25, 0.3) is 16.0 Å². The van der Waals surface area contributed by atoms with Gasteiger partial charge in [-0.3, -0.25) is 9.35 Å². The lowest BCUT2D eigenvalue weighted by molar-refractivity contribution is 0.102. The summed E-state index contributed by atoms with van der Waals surface area (Å²) in [6, 6.07) is 16.0. The Kier molecular flexibility index (Phi) is 8.41. The lowest BCUT2D eigenvalue weighted by atomic mass is 10.0. The first-order chi connectivity index (χ1) is 18.5. The minimum absolute atomic E-state index is 0.0774. The van der Waals surface area contributed by atoms with Crippen molar-refractivity contribution >= 4 is 67.1 Å². The van der Waals surface area contributed by atoms with Gasteiger partial charge >= 0.3 is 0 Å². The number of rotatable bonds is 8. The molecule has 0 unspecified atom stereocenters. The minimum atomic E-state index is -4.71. The third kappa shape index (κ3) is 5.99. The summed E-state index contributed by atoms with van der Waals surface area (Å²) >= 11 is 12.5. The van der Waals surface area contributed by atoms with Crippen molar-refractivity contribution in [2.24, 2.45) is 10.2 Å². The van der Waals surface area contributed by atoms with E-state index >= 15 is 0 Å². The number of carbonyl (C=O) groups excluding carboxylic acids is 1. The van der Waals surface area contributed by atoms with Crippen LogP contribution in [0.2, 0.25) is 10.0 Å². The van der Waals surface area contributed by atoms with E-state index in [9.17, 15) is 22.9 Å². The molecule has 0 spiro atoms. The molecule has 202 valence electrons. The van der Waals surface area contributed by atoms with Crippen molar-refractivity contribution in [2.45, 2.75) is 25.2 Å². The van der Waals surface area contributed by atoms with Crippen LogP contribution >= 0.6 is 23.2 Å². The molecule has 0 fully saturated rings. The van der Waals surface area contributed by atoms with Crippen LogP contribution in [0.25, 0.3) is 10.8 Å². The van der Waals surface area contributed by atoms with Gasteiger partial charge in [0.05, 0.1) is 27.9 Å². The predicted molar refractivity (Wildman–Crippen MR) is 151 cm³/mol. The monoisotopic (exact) mass is 587 g/mol. The number of aryl methyl sites for hydroxylation is 1. The van der Waals surface area contributed by atoms with Gasteiger partial charge < -0.3 is 15.2 Å². The number of fused-ring (bicyclic) bond motifs is 1. The van der Waals surface area contributed by atoms with E-state index < -0.39 is 26.7 Å². The molecule has 0 atom stereocenters. The number of hydrogen-bond acceptors (Lipinski definition) is 7. The van der Waals surface area contributed by atoms with Gasteiger partial charge in [-0.05, 0) is 48.6 Å². The molecule has 39 heavy (non-hydrogen) atoms. The second-order valence-corrected chi connectivity index (χ2v) is 10.5. The normalized spacial score (nSPS) is 11.7. The van der Waals surface area contributed by atoms with Crippen LogP contribution in [0, 0.1) is 0 Å². The van der Waals surface area contributed by atoms with Gasteiger partial charge in [0.15, 0.2) is 5.75 Å². The molecule has 0 aromatic heterocycles. The summed E-state index contributed by atoms with van der Waals surface area (Å²) in [4.78, 5) is 12.7.